The molecule has 0 unspecified atom stereocenters. The van der Waals surface area contributed by atoms with Gasteiger partial charge < -0.3 is 9.47 Å². The molecule has 0 bridgehead atoms. The third-order valence-electron chi connectivity index (χ3n) is 6.89. The molecule has 2 heterocycles. The van der Waals surface area contributed by atoms with Gasteiger partial charge in [-0.3, -0.25) is 4.79 Å². The van der Waals surface area contributed by atoms with E-state index in [0.29, 0.717) is 0 Å². The summed E-state index contributed by atoms with van der Waals surface area (Å²) in [5, 5.41) is 0. The molecule has 0 fully saturated rings. The summed E-state index contributed by atoms with van der Waals surface area (Å²) in [6.07, 6.45) is 9.97. The number of benzene rings is 3. The molecule has 0 amide bonds. The van der Waals surface area contributed by atoms with Crippen molar-refractivity contribution in [2.75, 3.05) is 4.90 Å². The van der Waals surface area contributed by atoms with Crippen LogP contribution in [-0.4, -0.2) is 10.9 Å². The largest absolute Gasteiger partial charge is 0.339 e. The van der Waals surface area contributed by atoms with Crippen LogP contribution in [0, 0.1) is 0 Å². The number of carbonyl (C=O) groups excluding carboxylic acids is 1. The molecule has 0 aliphatic rings. The van der Waals surface area contributed by atoms with Crippen LogP contribution >= 0.6 is 11.3 Å². The van der Waals surface area contributed by atoms with E-state index >= 15 is 0 Å². The maximum atomic E-state index is 11.5. The van der Waals surface area contributed by atoms with E-state index in [4.69, 9.17) is 0 Å². The smallest absolute Gasteiger partial charge is 0.166 e. The van der Waals surface area contributed by atoms with Gasteiger partial charge in [-0.2, -0.15) is 0 Å². The van der Waals surface area contributed by atoms with Gasteiger partial charge in [-0.25, -0.2) is 0 Å². The van der Waals surface area contributed by atoms with E-state index in [0.717, 1.165) is 47.7 Å². The van der Waals surface area contributed by atoms with E-state index in [1.807, 2.05) is 24.3 Å². The van der Waals surface area contributed by atoms with Crippen LogP contribution in [0.1, 0.15) is 53.7 Å². The Morgan fingerprint density at radius 3 is 1.95 bits per heavy atom. The fraction of sp³-hybridized carbons (Fsp3) is 0.171. The molecule has 39 heavy (non-hydrogen) atoms. The maximum absolute atomic E-state index is 11.5. The molecule has 0 N–H and O–H groups in total. The predicted molar refractivity (Wildman–Crippen MR) is 167 cm³/mol. The summed E-state index contributed by atoms with van der Waals surface area (Å²) in [4.78, 5) is 16.2. The first kappa shape index (κ1) is 26.5. The summed E-state index contributed by atoms with van der Waals surface area (Å²) in [6.45, 7) is 3.10. The Kier molecular flexibility index (Phi) is 8.87. The van der Waals surface area contributed by atoms with Crippen LogP contribution in [0.15, 0.2) is 109 Å². The lowest BCUT2D eigenvalue weighted by molar-refractivity contribution is 0.111. The third kappa shape index (κ3) is 6.47. The number of hydrogen-bond donors (Lipinski definition) is 0. The molecule has 3 nitrogen and oxygen atoms in total. The number of nitrogens with zero attached hydrogens (tertiary/aromatic N) is 2. The van der Waals surface area contributed by atoms with Gasteiger partial charge in [0.15, 0.2) is 6.29 Å². The Balaban J connectivity index is 1.33. The van der Waals surface area contributed by atoms with Crippen LogP contribution in [0.2, 0.25) is 0 Å². The summed E-state index contributed by atoms with van der Waals surface area (Å²) < 4.78 is 2.14. The highest BCUT2D eigenvalue weighted by atomic mass is 32.1. The number of thiophene rings is 1. The van der Waals surface area contributed by atoms with Crippen LogP contribution in [-0.2, 0) is 6.54 Å². The fourth-order valence-corrected chi connectivity index (χ4v) is 5.76. The Morgan fingerprint density at radius 1 is 0.667 bits per heavy atom. The summed E-state index contributed by atoms with van der Waals surface area (Å²) in [7, 11) is 0. The first-order valence-corrected chi connectivity index (χ1v) is 14.5. The first-order valence-electron chi connectivity index (χ1n) is 13.7. The van der Waals surface area contributed by atoms with Crippen molar-refractivity contribution in [3.63, 3.8) is 0 Å². The van der Waals surface area contributed by atoms with Crippen molar-refractivity contribution < 1.29 is 4.79 Å². The zero-order chi connectivity index (χ0) is 26.9. The Hall–Kier alpha value is -4.15. The number of anilines is 3. The number of aldehydes is 1. The van der Waals surface area contributed by atoms with E-state index in [2.05, 4.69) is 113 Å². The molecule has 4 heteroatoms. The number of rotatable bonds is 12. The number of hydrogen-bond acceptors (Lipinski definition) is 3. The summed E-state index contributed by atoms with van der Waals surface area (Å²) in [5.74, 6) is 0. The van der Waals surface area contributed by atoms with Crippen LogP contribution in [0.3, 0.4) is 0 Å². The van der Waals surface area contributed by atoms with Gasteiger partial charge in [0.1, 0.15) is 0 Å². The molecule has 3 aromatic carbocycles. The summed E-state index contributed by atoms with van der Waals surface area (Å²) in [6, 6.07) is 38.0. The van der Waals surface area contributed by atoms with Crippen molar-refractivity contribution in [2.24, 2.45) is 0 Å². The van der Waals surface area contributed by atoms with Gasteiger partial charge >= 0.3 is 0 Å². The van der Waals surface area contributed by atoms with E-state index in [-0.39, 0.29) is 0 Å². The van der Waals surface area contributed by atoms with Crippen molar-refractivity contribution in [2.45, 2.75) is 39.2 Å². The molecule has 5 aromatic rings. The minimum Gasteiger partial charge on any atom is -0.339 e. The highest BCUT2D eigenvalue weighted by molar-refractivity contribution is 7.16. The minimum absolute atomic E-state index is 0.748. The molecule has 0 aliphatic carbocycles. The molecule has 0 saturated heterocycles. The lowest BCUT2D eigenvalue weighted by atomic mass is 10.1. The zero-order valence-electron chi connectivity index (χ0n) is 22.4. The minimum atomic E-state index is 0.748. The van der Waals surface area contributed by atoms with Crippen molar-refractivity contribution in [3.8, 4) is 10.4 Å². The number of aromatic nitrogens is 1. The Bertz CT molecular complexity index is 1460. The summed E-state index contributed by atoms with van der Waals surface area (Å²) >= 11 is 1.78. The van der Waals surface area contributed by atoms with Gasteiger partial charge in [0, 0.05) is 39.1 Å². The second-order valence-corrected chi connectivity index (χ2v) is 10.7. The second kappa shape index (κ2) is 13.1. The molecule has 0 atom stereocenters. The molecule has 0 spiro atoms. The normalized spacial score (nSPS) is 11.2. The van der Waals surface area contributed by atoms with Crippen molar-refractivity contribution in [1.82, 2.24) is 4.57 Å². The average Bonchev–Trinajstić information content (AvgIpc) is 3.63. The molecule has 0 radical (unpaired) electrons. The van der Waals surface area contributed by atoms with Crippen LogP contribution in [0.5, 0.6) is 0 Å². The molecule has 0 saturated carbocycles. The van der Waals surface area contributed by atoms with Crippen molar-refractivity contribution in [1.29, 1.82) is 0 Å². The maximum Gasteiger partial charge on any atom is 0.166 e. The molecule has 0 aliphatic heterocycles. The third-order valence-corrected chi connectivity index (χ3v) is 7.99. The monoisotopic (exact) mass is 530 g/mol. The number of para-hydroxylation sites is 2. The number of carbonyl (C=O) groups is 1. The van der Waals surface area contributed by atoms with E-state index in [1.165, 1.54) is 34.6 Å². The van der Waals surface area contributed by atoms with Crippen molar-refractivity contribution in [3.05, 3.63) is 125 Å². The SMILES string of the molecule is CCCCCCn1c(C=O)ccc1/C=C/c1ccc(-c2ccc(N(c3ccccc3)c3ccccc3)cc2)s1. The van der Waals surface area contributed by atoms with Gasteiger partial charge in [-0.1, -0.05) is 74.7 Å². The van der Waals surface area contributed by atoms with E-state index in [9.17, 15) is 4.79 Å². The molecule has 2 aromatic heterocycles. The molecule has 196 valence electrons. The van der Waals surface area contributed by atoms with Crippen LogP contribution in [0.25, 0.3) is 22.6 Å². The van der Waals surface area contributed by atoms with Gasteiger partial charge in [0.05, 0.1) is 5.69 Å². The van der Waals surface area contributed by atoms with Crippen molar-refractivity contribution >= 4 is 46.8 Å². The predicted octanol–water partition coefficient (Wildman–Crippen LogP) is 10.2. The van der Waals surface area contributed by atoms with Crippen LogP contribution in [0.4, 0.5) is 17.1 Å². The van der Waals surface area contributed by atoms with Crippen LogP contribution < -0.4 is 4.90 Å². The van der Waals surface area contributed by atoms with Gasteiger partial charge in [-0.05, 0) is 84.8 Å². The van der Waals surface area contributed by atoms with E-state index < -0.39 is 0 Å². The topological polar surface area (TPSA) is 25.2 Å². The Morgan fingerprint density at radius 2 is 1.31 bits per heavy atom. The summed E-state index contributed by atoms with van der Waals surface area (Å²) in [5.41, 5.74) is 6.42. The van der Waals surface area contributed by atoms with Gasteiger partial charge in [0.25, 0.3) is 0 Å². The molecular weight excluding hydrogens is 496 g/mol. The first-order chi connectivity index (χ1) is 19.3. The standard InChI is InChI=1S/C35H34N2OS/c1-2-3-4-11-26-36-29(20-21-33(36)27-38)22-23-34-24-25-35(39-34)28-16-18-32(19-17-28)37(30-12-7-5-8-13-30)31-14-9-6-10-15-31/h5-10,12-25,27H,2-4,11,26H2,1H3/b23-22+. The van der Waals surface area contributed by atoms with Gasteiger partial charge in [-0.15, -0.1) is 11.3 Å². The highest BCUT2D eigenvalue weighted by Crippen LogP contribution is 2.36. The number of unbranched alkanes of at least 4 members (excludes halogenated alkanes) is 3. The fourth-order valence-electron chi connectivity index (χ4n) is 4.84. The molecule has 5 rings (SSSR count). The lowest BCUT2D eigenvalue weighted by Crippen LogP contribution is -2.09. The zero-order valence-corrected chi connectivity index (χ0v) is 23.2. The van der Waals surface area contributed by atoms with E-state index in [1.54, 1.807) is 11.3 Å². The average molecular weight is 531 g/mol. The highest BCUT2D eigenvalue weighted by Gasteiger charge is 2.12. The van der Waals surface area contributed by atoms with Gasteiger partial charge in [0.2, 0.25) is 0 Å². The molecular formula is C35H34N2OS. The Labute approximate surface area is 235 Å². The second-order valence-electron chi connectivity index (χ2n) is 9.60. The lowest BCUT2D eigenvalue weighted by Gasteiger charge is -2.25. The quantitative estimate of drug-likeness (QED) is 0.118.